The van der Waals surface area contributed by atoms with Crippen LogP contribution in [0.3, 0.4) is 0 Å². The van der Waals surface area contributed by atoms with Gasteiger partial charge in [0.2, 0.25) is 6.10 Å². The number of hydrogen-bond acceptors (Lipinski definition) is 8. The summed E-state index contributed by atoms with van der Waals surface area (Å²) < 4.78 is 24.0. The summed E-state index contributed by atoms with van der Waals surface area (Å²) in [5.74, 6) is 0.401. The fourth-order valence-electron chi connectivity index (χ4n) is 4.40. The number of hydrogen-bond donors (Lipinski definition) is 0. The number of amides is 1. The zero-order valence-corrected chi connectivity index (χ0v) is 19.7. The van der Waals surface area contributed by atoms with E-state index in [1.54, 1.807) is 35.5 Å². The maximum absolute atomic E-state index is 13.3. The van der Waals surface area contributed by atoms with Crippen LogP contribution in [0.2, 0.25) is 0 Å². The number of carbonyl (C=O) groups excluding carboxylic acids is 2. The first kappa shape index (κ1) is 23.4. The standard InChI is InChI=1S/C26H25N3O7/c1-33-26(32)24-18-8-10-28(25(31)22-16-35-19-6-2-3-7-20(19)36-22)11-12-29(18)23(30)13-21(24)34-15-17-5-4-9-27-14-17/h2-7,9,13-14,22H,8,10-12,15-16H2,1H3/t22-/m1/s1. The van der Waals surface area contributed by atoms with E-state index in [1.807, 2.05) is 18.2 Å². The number of para-hydroxylation sites is 2. The highest BCUT2D eigenvalue weighted by Gasteiger charge is 2.33. The molecule has 4 heterocycles. The van der Waals surface area contributed by atoms with Crippen LogP contribution in [0.4, 0.5) is 0 Å². The molecule has 1 amide bonds. The van der Waals surface area contributed by atoms with E-state index in [4.69, 9.17) is 18.9 Å². The molecule has 0 saturated carbocycles. The van der Waals surface area contributed by atoms with Gasteiger partial charge in [0.1, 0.15) is 24.5 Å². The van der Waals surface area contributed by atoms with Crippen LogP contribution in [0.5, 0.6) is 17.2 Å². The van der Waals surface area contributed by atoms with Crippen LogP contribution in [-0.4, -0.2) is 59.2 Å². The molecule has 0 saturated heterocycles. The van der Waals surface area contributed by atoms with Gasteiger partial charge >= 0.3 is 5.97 Å². The number of pyridine rings is 2. The molecule has 0 radical (unpaired) electrons. The fraction of sp³-hybridized carbons (Fsp3) is 0.308. The minimum absolute atomic E-state index is 0.0962. The average molecular weight is 492 g/mol. The molecule has 10 nitrogen and oxygen atoms in total. The second-order valence-electron chi connectivity index (χ2n) is 8.40. The Hall–Kier alpha value is -4.34. The molecule has 2 aromatic heterocycles. The molecule has 0 N–H and O–H groups in total. The van der Waals surface area contributed by atoms with Crippen LogP contribution < -0.4 is 19.8 Å². The van der Waals surface area contributed by atoms with Crippen LogP contribution in [0.25, 0.3) is 0 Å². The summed E-state index contributed by atoms with van der Waals surface area (Å²) in [7, 11) is 1.28. The summed E-state index contributed by atoms with van der Waals surface area (Å²) in [6, 6.07) is 12.1. The molecule has 1 aromatic carbocycles. The molecule has 5 rings (SSSR count). The Balaban J connectivity index is 1.38. The van der Waals surface area contributed by atoms with Gasteiger partial charge in [0.05, 0.1) is 7.11 Å². The zero-order valence-electron chi connectivity index (χ0n) is 19.7. The van der Waals surface area contributed by atoms with Crippen molar-refractivity contribution in [1.29, 1.82) is 0 Å². The summed E-state index contributed by atoms with van der Waals surface area (Å²) in [6.07, 6.45) is 2.76. The normalized spacial score (nSPS) is 16.5. The maximum atomic E-state index is 13.3. The van der Waals surface area contributed by atoms with Crippen molar-refractivity contribution in [2.75, 3.05) is 26.8 Å². The van der Waals surface area contributed by atoms with Crippen LogP contribution in [-0.2, 0) is 29.1 Å². The van der Waals surface area contributed by atoms with Crippen molar-refractivity contribution in [3.63, 3.8) is 0 Å². The predicted octanol–water partition coefficient (Wildman–Crippen LogP) is 1.83. The maximum Gasteiger partial charge on any atom is 0.343 e. The molecule has 0 spiro atoms. The summed E-state index contributed by atoms with van der Waals surface area (Å²) in [5.41, 5.74) is 1.12. The Morgan fingerprint density at radius 1 is 1.11 bits per heavy atom. The third-order valence-corrected chi connectivity index (χ3v) is 6.20. The van der Waals surface area contributed by atoms with Crippen LogP contribution >= 0.6 is 0 Å². The van der Waals surface area contributed by atoms with Gasteiger partial charge < -0.3 is 28.4 Å². The number of benzene rings is 1. The predicted molar refractivity (Wildman–Crippen MR) is 127 cm³/mol. The van der Waals surface area contributed by atoms with Gasteiger partial charge in [0, 0.05) is 55.8 Å². The molecule has 3 aromatic rings. The second kappa shape index (κ2) is 10.1. The average Bonchev–Trinajstić information content (AvgIpc) is 3.15. The van der Waals surface area contributed by atoms with Gasteiger partial charge in [0.25, 0.3) is 11.5 Å². The Bertz CT molecular complexity index is 1340. The Morgan fingerprint density at radius 2 is 1.94 bits per heavy atom. The first-order valence-corrected chi connectivity index (χ1v) is 11.6. The largest absolute Gasteiger partial charge is 0.488 e. The van der Waals surface area contributed by atoms with E-state index in [0.29, 0.717) is 17.2 Å². The molecule has 0 aliphatic carbocycles. The van der Waals surface area contributed by atoms with Gasteiger partial charge in [-0.25, -0.2) is 4.79 Å². The molecule has 2 aliphatic rings. The van der Waals surface area contributed by atoms with Crippen molar-refractivity contribution >= 4 is 11.9 Å². The van der Waals surface area contributed by atoms with E-state index in [1.165, 1.54) is 17.7 Å². The van der Waals surface area contributed by atoms with Crippen molar-refractivity contribution in [3.8, 4) is 17.2 Å². The number of rotatable bonds is 5. The highest BCUT2D eigenvalue weighted by atomic mass is 16.6. The molecule has 0 bridgehead atoms. The molecule has 0 unspecified atom stereocenters. The highest BCUT2D eigenvalue weighted by Crippen LogP contribution is 2.31. The van der Waals surface area contributed by atoms with Gasteiger partial charge in [0.15, 0.2) is 11.5 Å². The van der Waals surface area contributed by atoms with Crippen molar-refractivity contribution in [2.24, 2.45) is 0 Å². The number of ether oxygens (including phenoxy) is 4. The summed E-state index contributed by atoms with van der Waals surface area (Å²) >= 11 is 0. The number of fused-ring (bicyclic) bond motifs is 2. The van der Waals surface area contributed by atoms with E-state index >= 15 is 0 Å². The fourth-order valence-corrected chi connectivity index (χ4v) is 4.40. The lowest BCUT2D eigenvalue weighted by atomic mass is 10.1. The highest BCUT2D eigenvalue weighted by molar-refractivity contribution is 5.93. The monoisotopic (exact) mass is 491 g/mol. The van der Waals surface area contributed by atoms with Crippen LogP contribution in [0, 0.1) is 0 Å². The molecule has 1 atom stereocenters. The minimum atomic E-state index is -0.795. The molecular weight excluding hydrogens is 466 g/mol. The van der Waals surface area contributed by atoms with E-state index in [-0.39, 0.29) is 62.0 Å². The second-order valence-corrected chi connectivity index (χ2v) is 8.40. The number of nitrogens with zero attached hydrogens (tertiary/aromatic N) is 3. The lowest BCUT2D eigenvalue weighted by Crippen LogP contribution is -2.47. The third kappa shape index (κ3) is 4.61. The number of aromatic nitrogens is 2. The lowest BCUT2D eigenvalue weighted by Gasteiger charge is -2.30. The van der Waals surface area contributed by atoms with Crippen molar-refractivity contribution in [2.45, 2.75) is 25.7 Å². The molecule has 10 heteroatoms. The minimum Gasteiger partial charge on any atom is -0.488 e. The SMILES string of the molecule is COC(=O)c1c(OCc2cccnc2)cc(=O)n2c1CCN(C(=O)[C@H]1COc3ccccc3O1)CC2. The first-order chi connectivity index (χ1) is 17.5. The van der Waals surface area contributed by atoms with E-state index in [9.17, 15) is 14.4 Å². The van der Waals surface area contributed by atoms with Crippen LogP contribution in [0.15, 0.2) is 59.7 Å². The van der Waals surface area contributed by atoms with Gasteiger partial charge in [-0.1, -0.05) is 18.2 Å². The molecule has 186 valence electrons. The molecular formula is C26H25N3O7. The van der Waals surface area contributed by atoms with E-state index in [2.05, 4.69) is 4.98 Å². The van der Waals surface area contributed by atoms with E-state index < -0.39 is 12.1 Å². The smallest absolute Gasteiger partial charge is 0.343 e. The molecule has 0 fully saturated rings. The van der Waals surface area contributed by atoms with Gasteiger partial charge in [-0.15, -0.1) is 0 Å². The Labute approximate surface area is 207 Å². The number of methoxy groups -OCH3 is 1. The van der Waals surface area contributed by atoms with Crippen molar-refractivity contribution in [3.05, 3.63) is 82.0 Å². The quantitative estimate of drug-likeness (QED) is 0.498. The number of esters is 1. The lowest BCUT2D eigenvalue weighted by molar-refractivity contribution is -0.141. The zero-order chi connectivity index (χ0) is 25.1. The Kier molecular flexibility index (Phi) is 6.57. The summed E-state index contributed by atoms with van der Waals surface area (Å²) in [5, 5.41) is 0. The number of carbonyl (C=O) groups is 2. The third-order valence-electron chi connectivity index (χ3n) is 6.20. The van der Waals surface area contributed by atoms with Gasteiger partial charge in [-0.3, -0.25) is 14.6 Å². The van der Waals surface area contributed by atoms with Crippen molar-refractivity contribution < 1.29 is 28.5 Å². The molecule has 36 heavy (non-hydrogen) atoms. The Morgan fingerprint density at radius 3 is 2.72 bits per heavy atom. The van der Waals surface area contributed by atoms with Crippen molar-refractivity contribution in [1.82, 2.24) is 14.5 Å². The van der Waals surface area contributed by atoms with E-state index in [0.717, 1.165) is 5.56 Å². The van der Waals surface area contributed by atoms with Crippen LogP contribution in [0.1, 0.15) is 21.6 Å². The topological polar surface area (TPSA) is 109 Å². The summed E-state index contributed by atoms with van der Waals surface area (Å²) in [6.45, 7) is 1.02. The summed E-state index contributed by atoms with van der Waals surface area (Å²) in [4.78, 5) is 44.7. The van der Waals surface area contributed by atoms with Gasteiger partial charge in [-0.2, -0.15) is 0 Å². The van der Waals surface area contributed by atoms with Gasteiger partial charge in [-0.05, 0) is 18.2 Å². The molecule has 2 aliphatic heterocycles. The first-order valence-electron chi connectivity index (χ1n) is 11.6.